The van der Waals surface area contributed by atoms with Crippen molar-refractivity contribution in [2.75, 3.05) is 126 Å². The van der Waals surface area contributed by atoms with Crippen LogP contribution in [0.1, 0.15) is 196 Å². The molecule has 0 spiro atoms. The third-order valence-electron chi connectivity index (χ3n) is 25.3. The van der Waals surface area contributed by atoms with E-state index in [1.54, 1.807) is 6.20 Å². The fourth-order valence-electron chi connectivity index (χ4n) is 17.6. The number of anilines is 4. The summed E-state index contributed by atoms with van der Waals surface area (Å²) in [6.45, 7) is 28.6. The number of rotatable bonds is 32. The van der Waals surface area contributed by atoms with Gasteiger partial charge in [0.25, 0.3) is 6.01 Å². The molecule has 4 saturated heterocycles. The summed E-state index contributed by atoms with van der Waals surface area (Å²) in [5.74, 6) is 3.90. The van der Waals surface area contributed by atoms with Gasteiger partial charge < -0.3 is 63.6 Å². The number of nitrogens with one attached hydrogen (secondary N) is 6. The van der Waals surface area contributed by atoms with Crippen LogP contribution < -0.4 is 19.6 Å². The summed E-state index contributed by atoms with van der Waals surface area (Å²) in [4.78, 5) is 96.8. The van der Waals surface area contributed by atoms with E-state index in [0.29, 0.717) is 114 Å². The van der Waals surface area contributed by atoms with Crippen LogP contribution in [0.25, 0.3) is 43.6 Å². The Morgan fingerprint density at radius 3 is 1.11 bits per heavy atom. The first kappa shape index (κ1) is 87.6. The lowest BCUT2D eigenvalue weighted by molar-refractivity contribution is 0.0927. The molecule has 12 heterocycles. The van der Waals surface area contributed by atoms with E-state index in [1.165, 1.54) is 55.1 Å². The van der Waals surface area contributed by atoms with E-state index in [0.717, 1.165) is 183 Å². The minimum absolute atomic E-state index is 0.0502. The monoisotopic (exact) mass is 1650 g/mol. The van der Waals surface area contributed by atoms with E-state index in [-0.39, 0.29) is 23.1 Å². The molecule has 4 fully saturated rings. The van der Waals surface area contributed by atoms with Gasteiger partial charge in [-0.3, -0.25) is 29.4 Å². The number of para-hydroxylation sites is 4. The molecule has 0 amide bonds. The zero-order chi connectivity index (χ0) is 84.3. The van der Waals surface area contributed by atoms with Crippen molar-refractivity contribution in [1.29, 1.82) is 0 Å². The van der Waals surface area contributed by atoms with E-state index in [1.807, 2.05) is 24.3 Å². The van der Waals surface area contributed by atoms with Crippen molar-refractivity contribution < 1.29 is 23.6 Å². The van der Waals surface area contributed by atoms with Crippen LogP contribution in [-0.2, 0) is 25.7 Å². The molecule has 27 heteroatoms. The van der Waals surface area contributed by atoms with Crippen LogP contribution in [0.3, 0.4) is 0 Å². The Hall–Kier alpha value is -10.2. The number of hydrogen-bond donors (Lipinski definition) is 6. The summed E-state index contributed by atoms with van der Waals surface area (Å²) in [6, 6.07) is 35.8. The number of ketones is 4. The summed E-state index contributed by atoms with van der Waals surface area (Å²) in [7, 11) is 8.56. The Balaban J connectivity index is 0.000000138. The van der Waals surface area contributed by atoms with Crippen LogP contribution in [0.15, 0.2) is 132 Å². The van der Waals surface area contributed by atoms with Crippen LogP contribution in [0.2, 0.25) is 0 Å². The maximum Gasteiger partial charge on any atom is 0.297 e. The number of hydrogen-bond acceptors (Lipinski definition) is 21. The van der Waals surface area contributed by atoms with E-state index in [4.69, 9.17) is 4.42 Å². The first-order chi connectivity index (χ1) is 58.2. The summed E-state index contributed by atoms with van der Waals surface area (Å²) in [5.41, 5.74) is 9.73. The molecule has 4 aliphatic rings. The van der Waals surface area contributed by atoms with Crippen LogP contribution in [-0.4, -0.2) is 239 Å². The number of likely N-dealkylation sites (N-methyl/N-ethyl adjacent to an activating group) is 4. The lowest BCUT2D eigenvalue weighted by Crippen LogP contribution is -2.50. The quantitative estimate of drug-likeness (QED) is 0.0214. The van der Waals surface area contributed by atoms with Crippen molar-refractivity contribution in [1.82, 2.24) is 85.1 Å². The SMILES string of the molecule is CCCC(CC(=O)c1cnc(N2CCN(C)C(C)C2)o1)Cc1c[nH]c2ccccc12.CCCC(CC(=O)c1nc(N2CCN(C)C(C)C2)n[nH]1)Cc1c[nH]c2ccccc12.CCCC(CC(=O)c1nc(N2CCN(C)C(C)C2)n[nH]1)Cc1c[nH]c2ccccc12.CCCC(CC(=O)c1nnc(N2CCN(C)C(C)C2)s1)Cc1c[nH]c2ccccc12. The minimum atomic E-state index is 0.0502. The van der Waals surface area contributed by atoms with E-state index in [2.05, 4.69) is 286 Å². The summed E-state index contributed by atoms with van der Waals surface area (Å²) >= 11 is 1.45. The number of aromatic nitrogens is 13. The van der Waals surface area contributed by atoms with Crippen LogP contribution in [0.5, 0.6) is 0 Å². The summed E-state index contributed by atoms with van der Waals surface area (Å²) in [5, 5.41) is 29.5. The molecule has 8 atom stereocenters. The van der Waals surface area contributed by atoms with Crippen molar-refractivity contribution in [2.24, 2.45) is 23.7 Å². The maximum atomic E-state index is 13.0. The number of nitrogens with zero attached hydrogens (tertiary/aromatic N) is 15. The lowest BCUT2D eigenvalue weighted by Gasteiger charge is -2.37. The van der Waals surface area contributed by atoms with Crippen molar-refractivity contribution in [3.8, 4) is 0 Å². The van der Waals surface area contributed by atoms with Crippen LogP contribution >= 0.6 is 11.3 Å². The van der Waals surface area contributed by atoms with E-state index < -0.39 is 0 Å². The first-order valence-corrected chi connectivity index (χ1v) is 44.8. The van der Waals surface area contributed by atoms with E-state index in [9.17, 15) is 19.2 Å². The normalized spacial score (nSPS) is 18.8. The molecule has 640 valence electrons. The lowest BCUT2D eigenvalue weighted by atomic mass is 9.90. The van der Waals surface area contributed by atoms with Crippen molar-refractivity contribution in [3.63, 3.8) is 0 Å². The number of fused-ring (bicyclic) bond motifs is 4. The van der Waals surface area contributed by atoms with Gasteiger partial charge in [-0.05, 0) is 177 Å². The predicted molar refractivity (Wildman–Crippen MR) is 484 cm³/mol. The Labute approximate surface area is 710 Å². The fraction of sp³-hybridized carbons (Fsp3) is 0.516. The second kappa shape index (κ2) is 41.9. The number of benzene rings is 4. The average Bonchev–Trinajstić information content (AvgIpc) is 1.69. The highest BCUT2D eigenvalue weighted by Gasteiger charge is 2.32. The number of carbonyl (C=O) groups is 4. The van der Waals surface area contributed by atoms with E-state index >= 15 is 0 Å². The smallest absolute Gasteiger partial charge is 0.297 e. The van der Waals surface area contributed by atoms with Gasteiger partial charge in [0.05, 0.1) is 6.20 Å². The first-order valence-electron chi connectivity index (χ1n) is 44.0. The van der Waals surface area contributed by atoms with Crippen molar-refractivity contribution in [2.45, 2.75) is 182 Å². The molecule has 0 aliphatic carbocycles. The molecule has 12 aromatic rings. The summed E-state index contributed by atoms with van der Waals surface area (Å²) < 4.78 is 5.89. The Morgan fingerprint density at radius 2 is 0.742 bits per heavy atom. The standard InChI is InChI=1S/C24H32N4O2.2C23H32N6O.C23H31N5OS/c1-4-7-18(12-19-14-25-21-9-6-5-8-20(19)21)13-22(29)23-15-26-24(30-23)28-11-10-27(3)17(2)16-28;2*1-4-7-17(12-18-14-24-20-9-6-5-8-19(18)20)13-21(30)22-25-23(27-26-22)29-11-10-28(3)16(2)15-29;1-4-7-17(12-18-14-24-20-9-6-5-8-19(18)20)13-21(29)22-25-26-23(30-22)28-11-10-27(3)16(2)15-28/h5-6,8-9,14-15,17-18,25H,4,7,10-13,16H2,1-3H3;2*5-6,8-9,14,16-17,24H,4,7,10-13,15H2,1-3H3,(H,25,26,27);5-6,8-9,14,16-17,24H,4,7,10-13,15H2,1-3H3. The van der Waals surface area contributed by atoms with Crippen LogP contribution in [0.4, 0.5) is 23.0 Å². The number of H-pyrrole nitrogens is 6. The predicted octanol–water partition coefficient (Wildman–Crippen LogP) is 16.2. The molecule has 16 rings (SSSR count). The van der Waals surface area contributed by atoms with Crippen molar-refractivity contribution in [3.05, 3.63) is 173 Å². The van der Waals surface area contributed by atoms with Gasteiger partial charge in [-0.15, -0.1) is 20.4 Å². The fourth-order valence-corrected chi connectivity index (χ4v) is 18.4. The number of oxazole rings is 1. The molecule has 8 aromatic heterocycles. The molecule has 6 N–H and O–H groups in total. The highest BCUT2D eigenvalue weighted by Crippen LogP contribution is 2.33. The number of piperazine rings is 4. The number of carbonyl (C=O) groups excluding carboxylic acids is 4. The summed E-state index contributed by atoms with van der Waals surface area (Å²) in [6.07, 6.45) is 23.8. The average molecular weight is 1650 g/mol. The zero-order valence-electron chi connectivity index (χ0n) is 72.7. The van der Waals surface area contributed by atoms with Crippen LogP contribution in [0, 0.1) is 23.7 Å². The molecule has 4 aromatic carbocycles. The number of Topliss-reactive ketones (excluding diaryl/α,β-unsaturated/α-hetero) is 4. The second-order valence-electron chi connectivity index (χ2n) is 34.3. The topological polar surface area (TPSA) is 292 Å². The zero-order valence-corrected chi connectivity index (χ0v) is 73.5. The molecule has 0 bridgehead atoms. The second-order valence-corrected chi connectivity index (χ2v) is 35.3. The molecule has 0 radical (unpaired) electrons. The largest absolute Gasteiger partial charge is 0.420 e. The van der Waals surface area contributed by atoms with Gasteiger partial charge in [0, 0.05) is 197 Å². The molecule has 4 aliphatic heterocycles. The van der Waals surface area contributed by atoms with Gasteiger partial charge in [-0.2, -0.15) is 9.97 Å². The van der Waals surface area contributed by atoms with Gasteiger partial charge in [0.2, 0.25) is 17.0 Å². The molecular formula is C93H127N21O5S. The molecule has 120 heavy (non-hydrogen) atoms. The molecule has 8 unspecified atom stereocenters. The molecule has 0 saturated carbocycles. The van der Waals surface area contributed by atoms with Gasteiger partial charge in [-0.25, -0.2) is 4.98 Å². The highest BCUT2D eigenvalue weighted by atomic mass is 32.1. The molecular weight excluding hydrogens is 1520 g/mol. The third kappa shape index (κ3) is 22.5. The maximum absolute atomic E-state index is 13.0. The minimum Gasteiger partial charge on any atom is -0.420 e. The van der Waals surface area contributed by atoms with Gasteiger partial charge >= 0.3 is 0 Å². The van der Waals surface area contributed by atoms with Gasteiger partial charge in [0.1, 0.15) is 0 Å². The Bertz CT molecular complexity index is 4620. The third-order valence-corrected chi connectivity index (χ3v) is 26.3. The van der Waals surface area contributed by atoms with Gasteiger partial charge in [-0.1, -0.05) is 138 Å². The number of aromatic amines is 6. The van der Waals surface area contributed by atoms with Gasteiger partial charge in [0.15, 0.2) is 45.5 Å². The Kier molecular flexibility index (Phi) is 30.6. The van der Waals surface area contributed by atoms with Crippen molar-refractivity contribution >= 4 is 101 Å². The Morgan fingerprint density at radius 1 is 0.417 bits per heavy atom. The highest BCUT2D eigenvalue weighted by molar-refractivity contribution is 7.17. The molecule has 26 nitrogen and oxygen atoms in total.